The molecule has 1 N–H and O–H groups in total. The van der Waals surface area contributed by atoms with Crippen molar-refractivity contribution in [2.45, 2.75) is 31.5 Å². The van der Waals surface area contributed by atoms with Crippen LogP contribution in [-0.2, 0) is 9.53 Å². The third-order valence-corrected chi connectivity index (χ3v) is 3.11. The molecule has 2 rings (SSSR count). The number of morpholine rings is 1. The van der Waals surface area contributed by atoms with Crippen molar-refractivity contribution in [1.82, 2.24) is 10.2 Å². The number of hydrogen-bond acceptors (Lipinski definition) is 3. The van der Waals surface area contributed by atoms with E-state index in [2.05, 4.69) is 12.2 Å². The van der Waals surface area contributed by atoms with E-state index in [4.69, 9.17) is 4.74 Å². The average molecular weight is 184 g/mol. The van der Waals surface area contributed by atoms with E-state index >= 15 is 0 Å². The molecule has 13 heavy (non-hydrogen) atoms. The summed E-state index contributed by atoms with van der Waals surface area (Å²) in [5, 5.41) is 3.40. The molecule has 2 saturated heterocycles. The molecule has 1 amide bonds. The van der Waals surface area contributed by atoms with E-state index in [-0.39, 0.29) is 18.1 Å². The highest BCUT2D eigenvalue weighted by molar-refractivity contribution is 5.78. The van der Waals surface area contributed by atoms with Gasteiger partial charge in [-0.3, -0.25) is 4.79 Å². The van der Waals surface area contributed by atoms with Gasteiger partial charge in [0.05, 0.1) is 25.2 Å². The molecule has 74 valence electrons. The van der Waals surface area contributed by atoms with Crippen LogP contribution in [0.5, 0.6) is 0 Å². The van der Waals surface area contributed by atoms with E-state index < -0.39 is 0 Å². The minimum absolute atomic E-state index is 0.0902. The Morgan fingerprint density at radius 3 is 3.15 bits per heavy atom. The number of nitrogens with one attached hydrogen (secondary N) is 1. The molecule has 0 aromatic heterocycles. The first kappa shape index (κ1) is 8.97. The Morgan fingerprint density at radius 1 is 1.62 bits per heavy atom. The summed E-state index contributed by atoms with van der Waals surface area (Å²) in [6.45, 7) is 3.69. The fourth-order valence-electron chi connectivity index (χ4n) is 2.12. The summed E-state index contributed by atoms with van der Waals surface area (Å²) in [5.41, 5.74) is 0. The number of nitrogens with zero attached hydrogens (tertiary/aromatic N) is 1. The summed E-state index contributed by atoms with van der Waals surface area (Å²) >= 11 is 0. The third-order valence-electron chi connectivity index (χ3n) is 3.11. The summed E-state index contributed by atoms with van der Waals surface area (Å²) in [7, 11) is 1.86. The van der Waals surface area contributed by atoms with E-state index in [9.17, 15) is 4.79 Å². The minimum atomic E-state index is 0.0902. The Kier molecular flexibility index (Phi) is 2.26. The van der Waals surface area contributed by atoms with Gasteiger partial charge in [-0.2, -0.15) is 0 Å². The van der Waals surface area contributed by atoms with E-state index in [1.54, 1.807) is 0 Å². The van der Waals surface area contributed by atoms with Crippen molar-refractivity contribution in [3.63, 3.8) is 0 Å². The third kappa shape index (κ3) is 1.44. The van der Waals surface area contributed by atoms with Crippen LogP contribution >= 0.6 is 0 Å². The van der Waals surface area contributed by atoms with Gasteiger partial charge in [0, 0.05) is 19.6 Å². The van der Waals surface area contributed by atoms with Gasteiger partial charge in [0.1, 0.15) is 0 Å². The number of likely N-dealkylation sites (tertiary alicyclic amines) is 1. The van der Waals surface area contributed by atoms with Gasteiger partial charge in [-0.05, 0) is 6.92 Å². The molecule has 0 bridgehead atoms. The number of carbonyl (C=O) groups excluding carboxylic acids is 1. The zero-order chi connectivity index (χ0) is 9.42. The van der Waals surface area contributed by atoms with Crippen molar-refractivity contribution in [2.75, 3.05) is 20.2 Å². The molecule has 0 aromatic carbocycles. The van der Waals surface area contributed by atoms with E-state index in [0.29, 0.717) is 12.5 Å². The Bertz CT molecular complexity index is 218. The second-order valence-corrected chi connectivity index (χ2v) is 3.84. The normalized spacial score (nSPS) is 40.3. The topological polar surface area (TPSA) is 41.6 Å². The molecule has 3 unspecified atom stereocenters. The van der Waals surface area contributed by atoms with Crippen molar-refractivity contribution in [3.8, 4) is 0 Å². The lowest BCUT2D eigenvalue weighted by Crippen LogP contribution is -2.63. The van der Waals surface area contributed by atoms with Gasteiger partial charge in [0.15, 0.2) is 0 Å². The maximum atomic E-state index is 11.5. The van der Waals surface area contributed by atoms with Gasteiger partial charge >= 0.3 is 0 Å². The predicted octanol–water partition coefficient (Wildman–Crippen LogP) is -0.406. The molecule has 0 radical (unpaired) electrons. The van der Waals surface area contributed by atoms with Crippen LogP contribution in [0.4, 0.5) is 0 Å². The quantitative estimate of drug-likeness (QED) is 0.556. The number of rotatable bonds is 0. The van der Waals surface area contributed by atoms with E-state index in [0.717, 1.165) is 13.2 Å². The monoisotopic (exact) mass is 184 g/mol. The van der Waals surface area contributed by atoms with Gasteiger partial charge in [-0.1, -0.05) is 0 Å². The SMILES string of the molecule is CC1C2NCCOC2CC(=O)N1C. The summed E-state index contributed by atoms with van der Waals surface area (Å²) in [4.78, 5) is 13.3. The van der Waals surface area contributed by atoms with Crippen LogP contribution in [0.2, 0.25) is 0 Å². The fraction of sp³-hybridized carbons (Fsp3) is 0.889. The van der Waals surface area contributed by atoms with Crippen molar-refractivity contribution in [2.24, 2.45) is 0 Å². The number of ether oxygens (including phenoxy) is 1. The van der Waals surface area contributed by atoms with Gasteiger partial charge in [0.2, 0.25) is 5.91 Å². The highest BCUT2D eigenvalue weighted by Crippen LogP contribution is 2.21. The first-order chi connectivity index (χ1) is 6.20. The van der Waals surface area contributed by atoms with Crippen LogP contribution in [0.3, 0.4) is 0 Å². The summed E-state index contributed by atoms with van der Waals surface area (Å²) in [5.74, 6) is 0.192. The Hall–Kier alpha value is -0.610. The maximum Gasteiger partial charge on any atom is 0.225 e. The number of hydrogen-bond donors (Lipinski definition) is 1. The van der Waals surface area contributed by atoms with Crippen molar-refractivity contribution >= 4 is 5.91 Å². The van der Waals surface area contributed by atoms with Crippen LogP contribution < -0.4 is 5.32 Å². The second-order valence-electron chi connectivity index (χ2n) is 3.84. The lowest BCUT2D eigenvalue weighted by molar-refractivity contribution is -0.146. The number of carbonyl (C=O) groups is 1. The number of amides is 1. The number of likely N-dealkylation sites (N-methyl/N-ethyl adjacent to an activating group) is 1. The highest BCUT2D eigenvalue weighted by Gasteiger charge is 2.39. The molecule has 0 spiro atoms. The van der Waals surface area contributed by atoms with Gasteiger partial charge < -0.3 is 15.0 Å². The zero-order valence-electron chi connectivity index (χ0n) is 8.12. The summed E-state index contributed by atoms with van der Waals surface area (Å²) in [6, 6.07) is 0.558. The molecule has 3 atom stereocenters. The largest absolute Gasteiger partial charge is 0.375 e. The number of fused-ring (bicyclic) bond motifs is 1. The minimum Gasteiger partial charge on any atom is -0.375 e. The van der Waals surface area contributed by atoms with Crippen LogP contribution in [0, 0.1) is 0 Å². The van der Waals surface area contributed by atoms with Crippen LogP contribution in [0.25, 0.3) is 0 Å². The maximum absolute atomic E-state index is 11.5. The molecule has 0 aliphatic carbocycles. The Labute approximate surface area is 78.2 Å². The van der Waals surface area contributed by atoms with E-state index in [1.165, 1.54) is 0 Å². The van der Waals surface area contributed by atoms with Crippen molar-refractivity contribution < 1.29 is 9.53 Å². The molecule has 0 saturated carbocycles. The molecule has 2 fully saturated rings. The zero-order valence-corrected chi connectivity index (χ0v) is 8.12. The van der Waals surface area contributed by atoms with Crippen LogP contribution in [0.15, 0.2) is 0 Å². The van der Waals surface area contributed by atoms with E-state index in [1.807, 2.05) is 11.9 Å². The van der Waals surface area contributed by atoms with Gasteiger partial charge in [-0.25, -0.2) is 0 Å². The van der Waals surface area contributed by atoms with Crippen molar-refractivity contribution in [3.05, 3.63) is 0 Å². The average Bonchev–Trinajstić information content (AvgIpc) is 2.15. The van der Waals surface area contributed by atoms with Crippen LogP contribution in [0.1, 0.15) is 13.3 Å². The molecular formula is C9H16N2O2. The summed E-state index contributed by atoms with van der Waals surface area (Å²) < 4.78 is 5.56. The second kappa shape index (κ2) is 3.27. The van der Waals surface area contributed by atoms with Gasteiger partial charge in [0.25, 0.3) is 0 Å². The first-order valence-electron chi connectivity index (χ1n) is 4.81. The first-order valence-corrected chi connectivity index (χ1v) is 4.81. The highest BCUT2D eigenvalue weighted by atomic mass is 16.5. The molecular weight excluding hydrogens is 168 g/mol. The summed E-state index contributed by atoms with van der Waals surface area (Å²) in [6.07, 6.45) is 0.617. The molecule has 4 heteroatoms. The fourth-order valence-corrected chi connectivity index (χ4v) is 2.12. The lowest BCUT2D eigenvalue weighted by atomic mass is 9.93. The smallest absolute Gasteiger partial charge is 0.225 e. The number of piperidine rings is 1. The molecule has 0 aromatic rings. The standard InChI is InChI=1S/C9H16N2O2/c1-6-9-7(13-4-3-10-9)5-8(12)11(6)2/h6-7,9-10H,3-5H2,1-2H3. The Morgan fingerprint density at radius 2 is 2.38 bits per heavy atom. The molecule has 4 nitrogen and oxygen atoms in total. The molecule has 2 aliphatic heterocycles. The van der Waals surface area contributed by atoms with Crippen LogP contribution in [-0.4, -0.2) is 49.2 Å². The molecule has 2 heterocycles. The Balaban J connectivity index is 2.12. The molecule has 2 aliphatic rings. The van der Waals surface area contributed by atoms with Crippen molar-refractivity contribution in [1.29, 1.82) is 0 Å². The predicted molar refractivity (Wildman–Crippen MR) is 48.4 cm³/mol. The van der Waals surface area contributed by atoms with Gasteiger partial charge in [-0.15, -0.1) is 0 Å². The lowest BCUT2D eigenvalue weighted by Gasteiger charge is -2.44.